The summed E-state index contributed by atoms with van der Waals surface area (Å²) in [6.45, 7) is -0.222. The summed E-state index contributed by atoms with van der Waals surface area (Å²) in [6.07, 6.45) is 3.31. The number of thiazole rings is 1. The fourth-order valence-corrected chi connectivity index (χ4v) is 8.67. The number of nitrogens with one attached hydrogen (secondary N) is 1. The SMILES string of the molecule is O=C(Cn1c2c(sc1=O)[C@@H](c1cccnc1)[C@@H]1C(=O)N(c3ccc(Br)cc3)C(=O)[C@@H]1S2)Nc1ccc2ccccc2c1. The number of fused-ring (bicyclic) bond motifs is 3. The first-order chi connectivity index (χ1) is 20.4. The number of halogens is 1. The van der Waals surface area contributed by atoms with Crippen molar-refractivity contribution in [1.82, 2.24) is 9.55 Å². The van der Waals surface area contributed by atoms with Gasteiger partial charge in [-0.25, -0.2) is 4.90 Å². The highest BCUT2D eigenvalue weighted by molar-refractivity contribution is 9.10. The van der Waals surface area contributed by atoms with Crippen LogP contribution in [0.2, 0.25) is 0 Å². The van der Waals surface area contributed by atoms with Crippen molar-refractivity contribution in [3.63, 3.8) is 0 Å². The molecular formula is C31H21BrN4O4S2. The highest BCUT2D eigenvalue weighted by Gasteiger charge is 2.56. The molecule has 42 heavy (non-hydrogen) atoms. The number of aromatic nitrogens is 2. The molecule has 1 saturated heterocycles. The summed E-state index contributed by atoms with van der Waals surface area (Å²) < 4.78 is 2.25. The van der Waals surface area contributed by atoms with Gasteiger partial charge in [0.05, 0.1) is 16.6 Å². The van der Waals surface area contributed by atoms with Crippen LogP contribution >= 0.6 is 39.0 Å². The van der Waals surface area contributed by atoms with E-state index in [-0.39, 0.29) is 29.1 Å². The molecule has 0 aliphatic carbocycles. The fourth-order valence-electron chi connectivity index (χ4n) is 5.63. The predicted octanol–water partition coefficient (Wildman–Crippen LogP) is 5.66. The Labute approximate surface area is 256 Å². The molecule has 2 aromatic heterocycles. The van der Waals surface area contributed by atoms with E-state index in [2.05, 4.69) is 26.2 Å². The molecule has 0 bridgehead atoms. The van der Waals surface area contributed by atoms with E-state index in [1.54, 1.807) is 42.7 Å². The molecule has 0 radical (unpaired) electrons. The first kappa shape index (κ1) is 26.8. The zero-order chi connectivity index (χ0) is 29.0. The van der Waals surface area contributed by atoms with Gasteiger partial charge in [-0.15, -0.1) is 0 Å². The standard InChI is InChI=1S/C31H21BrN4O4S2/c32-20-8-11-22(12-9-20)36-28(38)25-24(19-6-3-13-33-15-19)27-30(41-26(25)29(36)39)35(31(40)42-27)16-23(37)34-21-10-7-17-4-1-2-5-18(17)14-21/h1-15,24-26H,16H2,(H,34,37)/t24-,25-,26+/m0/s1. The topological polar surface area (TPSA) is 101 Å². The lowest BCUT2D eigenvalue weighted by Crippen LogP contribution is -2.33. The molecule has 0 saturated carbocycles. The van der Waals surface area contributed by atoms with E-state index in [1.165, 1.54) is 21.2 Å². The van der Waals surface area contributed by atoms with Crippen LogP contribution in [0.4, 0.5) is 11.4 Å². The number of nitrogens with zero attached hydrogens (tertiary/aromatic N) is 3. The number of rotatable bonds is 5. The summed E-state index contributed by atoms with van der Waals surface area (Å²) in [7, 11) is 0. The number of benzene rings is 3. The van der Waals surface area contributed by atoms with Crippen molar-refractivity contribution in [3.05, 3.63) is 116 Å². The summed E-state index contributed by atoms with van der Waals surface area (Å²) >= 11 is 5.60. The van der Waals surface area contributed by atoms with Gasteiger partial charge in [-0.1, -0.05) is 75.4 Å². The quantitative estimate of drug-likeness (QED) is 0.245. The molecule has 4 heterocycles. The van der Waals surface area contributed by atoms with Gasteiger partial charge in [-0.05, 0) is 58.8 Å². The maximum absolute atomic E-state index is 13.9. The fraction of sp³-hybridized carbons (Fsp3) is 0.129. The molecule has 1 N–H and O–H groups in total. The molecule has 208 valence electrons. The number of carbonyl (C=O) groups is 3. The highest BCUT2D eigenvalue weighted by Crippen LogP contribution is 2.53. The van der Waals surface area contributed by atoms with Crippen LogP contribution in [-0.4, -0.2) is 32.5 Å². The lowest BCUT2D eigenvalue weighted by Gasteiger charge is -2.30. The molecule has 3 amide bonds. The van der Waals surface area contributed by atoms with Gasteiger partial charge in [0.2, 0.25) is 17.7 Å². The Morgan fingerprint density at radius 3 is 2.48 bits per heavy atom. The molecule has 2 aliphatic rings. The molecule has 2 aliphatic heterocycles. The predicted molar refractivity (Wildman–Crippen MR) is 167 cm³/mol. The second kappa shape index (κ2) is 10.6. The first-order valence-corrected chi connectivity index (χ1v) is 15.6. The van der Waals surface area contributed by atoms with Crippen LogP contribution in [0, 0.1) is 5.92 Å². The van der Waals surface area contributed by atoms with Crippen molar-refractivity contribution < 1.29 is 14.4 Å². The Morgan fingerprint density at radius 1 is 0.929 bits per heavy atom. The van der Waals surface area contributed by atoms with Gasteiger partial charge in [0.25, 0.3) is 0 Å². The van der Waals surface area contributed by atoms with Crippen LogP contribution in [0.1, 0.15) is 16.4 Å². The van der Waals surface area contributed by atoms with Gasteiger partial charge in [-0.3, -0.25) is 28.7 Å². The Morgan fingerprint density at radius 2 is 1.71 bits per heavy atom. The summed E-state index contributed by atoms with van der Waals surface area (Å²) in [6, 6.07) is 24.1. The molecule has 11 heteroatoms. The van der Waals surface area contributed by atoms with Gasteiger partial charge >= 0.3 is 4.87 Å². The van der Waals surface area contributed by atoms with E-state index in [4.69, 9.17) is 0 Å². The summed E-state index contributed by atoms with van der Waals surface area (Å²) in [4.78, 5) is 60.1. The van der Waals surface area contributed by atoms with E-state index in [1.807, 2.05) is 48.5 Å². The van der Waals surface area contributed by atoms with Crippen LogP contribution in [0.5, 0.6) is 0 Å². The Balaban J connectivity index is 1.25. The second-order valence-electron chi connectivity index (χ2n) is 10.1. The Bertz CT molecular complexity index is 1940. The number of amides is 3. The normalized spacial score (nSPS) is 19.5. The molecular weight excluding hydrogens is 636 g/mol. The Kier molecular flexibility index (Phi) is 6.80. The van der Waals surface area contributed by atoms with Crippen molar-refractivity contribution in [2.75, 3.05) is 10.2 Å². The number of thioether (sulfide) groups is 1. The smallest absolute Gasteiger partial charge is 0.308 e. The van der Waals surface area contributed by atoms with E-state index in [0.29, 0.717) is 21.3 Å². The van der Waals surface area contributed by atoms with Gasteiger partial charge in [0.15, 0.2) is 0 Å². The molecule has 0 spiro atoms. The monoisotopic (exact) mass is 656 g/mol. The van der Waals surface area contributed by atoms with E-state index in [0.717, 1.165) is 32.1 Å². The van der Waals surface area contributed by atoms with Crippen molar-refractivity contribution >= 4 is 78.9 Å². The minimum atomic E-state index is -0.761. The number of hydrogen-bond donors (Lipinski definition) is 1. The van der Waals surface area contributed by atoms with Gasteiger partial charge in [-0.2, -0.15) is 0 Å². The summed E-state index contributed by atoms with van der Waals surface area (Å²) in [5.41, 5.74) is 1.85. The molecule has 3 aromatic carbocycles. The first-order valence-electron chi connectivity index (χ1n) is 13.1. The van der Waals surface area contributed by atoms with Crippen molar-refractivity contribution in [3.8, 4) is 0 Å². The zero-order valence-corrected chi connectivity index (χ0v) is 25.0. The third-order valence-electron chi connectivity index (χ3n) is 7.51. The second-order valence-corrected chi connectivity index (χ2v) is 13.1. The number of hydrogen-bond acceptors (Lipinski definition) is 7. The lowest BCUT2D eigenvalue weighted by molar-refractivity contribution is -0.122. The largest absolute Gasteiger partial charge is 0.325 e. The van der Waals surface area contributed by atoms with Gasteiger partial charge in [0.1, 0.15) is 11.8 Å². The molecule has 8 nitrogen and oxygen atoms in total. The number of imide groups is 1. The van der Waals surface area contributed by atoms with Crippen molar-refractivity contribution in [2.24, 2.45) is 5.92 Å². The molecule has 0 unspecified atom stereocenters. The minimum Gasteiger partial charge on any atom is -0.325 e. The zero-order valence-electron chi connectivity index (χ0n) is 21.8. The van der Waals surface area contributed by atoms with Crippen molar-refractivity contribution in [2.45, 2.75) is 22.7 Å². The number of pyridine rings is 1. The molecule has 5 aromatic rings. The van der Waals surface area contributed by atoms with E-state index in [9.17, 15) is 19.2 Å². The Hall–Kier alpha value is -4.06. The number of anilines is 2. The van der Waals surface area contributed by atoms with Crippen LogP contribution in [-0.2, 0) is 20.9 Å². The van der Waals surface area contributed by atoms with E-state index >= 15 is 0 Å². The van der Waals surface area contributed by atoms with Crippen molar-refractivity contribution in [1.29, 1.82) is 0 Å². The average Bonchev–Trinajstić information content (AvgIpc) is 3.44. The average molecular weight is 658 g/mol. The maximum atomic E-state index is 13.9. The summed E-state index contributed by atoms with van der Waals surface area (Å²) in [5.74, 6) is -2.30. The molecule has 1 fully saturated rings. The lowest BCUT2D eigenvalue weighted by atomic mass is 9.84. The number of carbonyl (C=O) groups excluding carboxylic acids is 3. The maximum Gasteiger partial charge on any atom is 0.308 e. The van der Waals surface area contributed by atoms with Crippen LogP contribution in [0.3, 0.4) is 0 Å². The van der Waals surface area contributed by atoms with Crippen LogP contribution in [0.25, 0.3) is 10.8 Å². The third kappa shape index (κ3) is 4.57. The molecule has 7 rings (SSSR count). The third-order valence-corrected chi connectivity index (χ3v) is 10.6. The summed E-state index contributed by atoms with van der Waals surface area (Å²) in [5, 5.41) is 4.71. The van der Waals surface area contributed by atoms with Gasteiger partial charge < -0.3 is 5.32 Å². The molecule has 3 atom stereocenters. The van der Waals surface area contributed by atoms with Crippen LogP contribution < -0.4 is 15.1 Å². The van der Waals surface area contributed by atoms with Crippen LogP contribution in [0.15, 0.2) is 106 Å². The van der Waals surface area contributed by atoms with E-state index < -0.39 is 17.1 Å². The van der Waals surface area contributed by atoms with Gasteiger partial charge in [0, 0.05) is 33.3 Å². The minimum absolute atomic E-state index is 0.222. The highest BCUT2D eigenvalue weighted by atomic mass is 79.9.